The van der Waals surface area contributed by atoms with Crippen LogP contribution in [0.3, 0.4) is 0 Å². The second-order valence-corrected chi connectivity index (χ2v) is 7.16. The van der Waals surface area contributed by atoms with E-state index < -0.39 is 11.6 Å². The first kappa shape index (κ1) is 20.6. The Balaban J connectivity index is 2.10. The Morgan fingerprint density at radius 3 is 2.15 bits per heavy atom. The SMILES string of the molecule is CC(C)(NC(=O)[C@H](CCCCN)NC(=O)c1ccccc1)c1ccccc1. The minimum Gasteiger partial charge on any atom is -0.345 e. The highest BCUT2D eigenvalue weighted by Crippen LogP contribution is 2.20. The number of hydrogen-bond acceptors (Lipinski definition) is 3. The predicted octanol–water partition coefficient (Wildman–Crippen LogP) is 2.97. The van der Waals surface area contributed by atoms with Crippen molar-refractivity contribution >= 4 is 11.8 Å². The molecule has 5 heteroatoms. The molecule has 0 heterocycles. The lowest BCUT2D eigenvalue weighted by atomic mass is 9.93. The normalized spacial score (nSPS) is 12.3. The molecule has 0 aromatic heterocycles. The van der Waals surface area contributed by atoms with Gasteiger partial charge in [-0.1, -0.05) is 48.5 Å². The number of rotatable bonds is 9. The monoisotopic (exact) mass is 367 g/mol. The summed E-state index contributed by atoms with van der Waals surface area (Å²) in [4.78, 5) is 25.4. The number of nitrogens with one attached hydrogen (secondary N) is 2. The van der Waals surface area contributed by atoms with Crippen molar-refractivity contribution in [3.8, 4) is 0 Å². The molecule has 2 aromatic rings. The minimum atomic E-state index is -0.604. The topological polar surface area (TPSA) is 84.2 Å². The second-order valence-electron chi connectivity index (χ2n) is 7.16. The number of carbonyl (C=O) groups is 2. The van der Waals surface area contributed by atoms with Crippen LogP contribution < -0.4 is 16.4 Å². The van der Waals surface area contributed by atoms with Gasteiger partial charge in [0.2, 0.25) is 5.91 Å². The summed E-state index contributed by atoms with van der Waals surface area (Å²) in [5.74, 6) is -0.439. The Hall–Kier alpha value is -2.66. The van der Waals surface area contributed by atoms with Gasteiger partial charge in [0.1, 0.15) is 6.04 Å². The Labute approximate surface area is 161 Å². The highest BCUT2D eigenvalue weighted by atomic mass is 16.2. The first-order valence-corrected chi connectivity index (χ1v) is 9.37. The van der Waals surface area contributed by atoms with Gasteiger partial charge in [0, 0.05) is 5.56 Å². The van der Waals surface area contributed by atoms with Crippen LogP contribution in [-0.4, -0.2) is 24.4 Å². The van der Waals surface area contributed by atoms with Crippen LogP contribution in [0, 0.1) is 0 Å². The summed E-state index contributed by atoms with van der Waals surface area (Å²) in [5, 5.41) is 5.95. The van der Waals surface area contributed by atoms with Gasteiger partial charge in [-0.3, -0.25) is 9.59 Å². The van der Waals surface area contributed by atoms with Crippen LogP contribution in [0.5, 0.6) is 0 Å². The van der Waals surface area contributed by atoms with E-state index in [9.17, 15) is 9.59 Å². The lowest BCUT2D eigenvalue weighted by molar-refractivity contribution is -0.124. The summed E-state index contributed by atoms with van der Waals surface area (Å²) in [7, 11) is 0. The highest BCUT2D eigenvalue weighted by Gasteiger charge is 2.28. The van der Waals surface area contributed by atoms with Gasteiger partial charge in [-0.05, 0) is 57.4 Å². The van der Waals surface area contributed by atoms with Crippen LogP contribution in [-0.2, 0) is 10.3 Å². The average Bonchev–Trinajstić information content (AvgIpc) is 2.68. The fraction of sp³-hybridized carbons (Fsp3) is 0.364. The van der Waals surface area contributed by atoms with Crippen molar-refractivity contribution in [2.75, 3.05) is 6.54 Å². The standard InChI is InChI=1S/C22H29N3O2/c1-22(2,18-13-7-4-8-14-18)25-21(27)19(15-9-10-16-23)24-20(26)17-11-5-3-6-12-17/h3-8,11-14,19H,9-10,15-16,23H2,1-2H3,(H,24,26)(H,25,27)/t19-/m0/s1. The molecule has 0 aliphatic rings. The summed E-state index contributed by atoms with van der Waals surface area (Å²) in [6.45, 7) is 4.48. The largest absolute Gasteiger partial charge is 0.345 e. The van der Waals surface area contributed by atoms with Gasteiger partial charge >= 0.3 is 0 Å². The van der Waals surface area contributed by atoms with Crippen molar-refractivity contribution in [3.63, 3.8) is 0 Å². The van der Waals surface area contributed by atoms with E-state index >= 15 is 0 Å². The van der Waals surface area contributed by atoms with E-state index in [0.29, 0.717) is 18.5 Å². The van der Waals surface area contributed by atoms with Gasteiger partial charge in [-0.25, -0.2) is 0 Å². The minimum absolute atomic E-state index is 0.190. The van der Waals surface area contributed by atoms with Gasteiger partial charge in [-0.15, -0.1) is 0 Å². The molecular formula is C22H29N3O2. The van der Waals surface area contributed by atoms with Gasteiger partial charge in [0.05, 0.1) is 5.54 Å². The van der Waals surface area contributed by atoms with Crippen LogP contribution in [0.1, 0.15) is 49.0 Å². The van der Waals surface area contributed by atoms with Crippen molar-refractivity contribution in [1.29, 1.82) is 0 Å². The Kier molecular flexibility index (Phi) is 7.55. The first-order valence-electron chi connectivity index (χ1n) is 9.37. The molecule has 27 heavy (non-hydrogen) atoms. The molecule has 0 saturated carbocycles. The predicted molar refractivity (Wildman–Crippen MR) is 108 cm³/mol. The molecule has 0 radical (unpaired) electrons. The van der Waals surface area contributed by atoms with Crippen LogP contribution in [0.25, 0.3) is 0 Å². The van der Waals surface area contributed by atoms with Crippen molar-refractivity contribution in [3.05, 3.63) is 71.8 Å². The molecule has 2 amide bonds. The Morgan fingerprint density at radius 2 is 1.56 bits per heavy atom. The van der Waals surface area contributed by atoms with Crippen LogP contribution in [0.15, 0.2) is 60.7 Å². The van der Waals surface area contributed by atoms with Gasteiger partial charge in [0.25, 0.3) is 5.91 Å². The molecule has 2 rings (SSSR count). The molecule has 0 aliphatic carbocycles. The van der Waals surface area contributed by atoms with E-state index in [-0.39, 0.29) is 11.8 Å². The van der Waals surface area contributed by atoms with E-state index in [2.05, 4.69) is 10.6 Å². The van der Waals surface area contributed by atoms with Crippen LogP contribution in [0.2, 0.25) is 0 Å². The Morgan fingerprint density at radius 1 is 0.963 bits per heavy atom. The zero-order chi connectivity index (χ0) is 19.7. The maximum Gasteiger partial charge on any atom is 0.251 e. The third-order valence-electron chi connectivity index (χ3n) is 4.54. The zero-order valence-corrected chi connectivity index (χ0v) is 16.1. The van der Waals surface area contributed by atoms with Crippen molar-refractivity contribution < 1.29 is 9.59 Å². The van der Waals surface area contributed by atoms with Crippen molar-refractivity contribution in [2.45, 2.75) is 44.7 Å². The number of nitrogens with two attached hydrogens (primary N) is 1. The number of unbranched alkanes of at least 4 members (excludes halogenated alkanes) is 1. The molecule has 5 nitrogen and oxygen atoms in total. The van der Waals surface area contributed by atoms with E-state index in [0.717, 1.165) is 18.4 Å². The second kappa shape index (κ2) is 9.88. The maximum atomic E-state index is 12.9. The molecule has 1 atom stereocenters. The third-order valence-corrected chi connectivity index (χ3v) is 4.54. The number of benzene rings is 2. The smallest absolute Gasteiger partial charge is 0.251 e. The summed E-state index contributed by atoms with van der Waals surface area (Å²) in [6, 6.07) is 18.1. The summed E-state index contributed by atoms with van der Waals surface area (Å²) in [5.41, 5.74) is 6.58. The highest BCUT2D eigenvalue weighted by molar-refractivity contribution is 5.97. The molecular weight excluding hydrogens is 338 g/mol. The van der Waals surface area contributed by atoms with E-state index in [1.165, 1.54) is 0 Å². The van der Waals surface area contributed by atoms with E-state index in [1.807, 2.05) is 50.2 Å². The molecule has 2 aromatic carbocycles. The molecule has 0 aliphatic heterocycles. The third kappa shape index (κ3) is 6.22. The quantitative estimate of drug-likeness (QED) is 0.596. The fourth-order valence-corrected chi connectivity index (χ4v) is 2.91. The lowest BCUT2D eigenvalue weighted by Crippen LogP contribution is -2.52. The van der Waals surface area contributed by atoms with Gasteiger partial charge in [-0.2, -0.15) is 0 Å². The lowest BCUT2D eigenvalue weighted by Gasteiger charge is -2.29. The van der Waals surface area contributed by atoms with Crippen molar-refractivity contribution in [2.24, 2.45) is 5.73 Å². The van der Waals surface area contributed by atoms with Gasteiger partial charge < -0.3 is 16.4 Å². The van der Waals surface area contributed by atoms with Crippen LogP contribution in [0.4, 0.5) is 0 Å². The Bertz CT molecular complexity index is 730. The molecule has 0 saturated heterocycles. The fourth-order valence-electron chi connectivity index (χ4n) is 2.91. The average molecular weight is 367 g/mol. The summed E-state index contributed by atoms with van der Waals surface area (Å²) in [6.07, 6.45) is 2.13. The molecule has 0 bridgehead atoms. The zero-order valence-electron chi connectivity index (χ0n) is 16.1. The molecule has 144 valence electrons. The molecule has 0 spiro atoms. The van der Waals surface area contributed by atoms with E-state index in [4.69, 9.17) is 5.73 Å². The molecule has 0 fully saturated rings. The maximum absolute atomic E-state index is 12.9. The number of carbonyl (C=O) groups excluding carboxylic acids is 2. The first-order chi connectivity index (χ1) is 12.9. The van der Waals surface area contributed by atoms with Crippen LogP contribution >= 0.6 is 0 Å². The van der Waals surface area contributed by atoms with Crippen molar-refractivity contribution in [1.82, 2.24) is 10.6 Å². The number of amides is 2. The number of hydrogen-bond donors (Lipinski definition) is 3. The summed E-state index contributed by atoms with van der Waals surface area (Å²) >= 11 is 0. The molecule has 4 N–H and O–H groups in total. The summed E-state index contributed by atoms with van der Waals surface area (Å²) < 4.78 is 0. The van der Waals surface area contributed by atoms with Gasteiger partial charge in [0.15, 0.2) is 0 Å². The van der Waals surface area contributed by atoms with E-state index in [1.54, 1.807) is 24.3 Å². The molecule has 0 unspecified atom stereocenters.